The molecule has 0 saturated carbocycles. The van der Waals surface area contributed by atoms with Gasteiger partial charge >= 0.3 is 0 Å². The number of fused-ring (bicyclic) bond motifs is 8. The summed E-state index contributed by atoms with van der Waals surface area (Å²) >= 11 is 0. The van der Waals surface area contributed by atoms with Gasteiger partial charge < -0.3 is 44.4 Å². The molecule has 10 heteroatoms. The van der Waals surface area contributed by atoms with Crippen molar-refractivity contribution in [3.63, 3.8) is 0 Å². The lowest BCUT2D eigenvalue weighted by Crippen LogP contribution is -2.50. The average Bonchev–Trinajstić information content (AvgIpc) is 3.55. The molecule has 2 aliphatic rings. The van der Waals surface area contributed by atoms with Crippen LogP contribution in [0.15, 0.2) is 69.9 Å². The highest BCUT2D eigenvalue weighted by Gasteiger charge is 2.31. The number of hydrogen-bond acceptors (Lipinski definition) is 9. The SMILES string of the molecule is CCc1cc2c([nH]1)N1CCN[C@@H](C#C[C@@H](c3c(O)c(OC)c(OCCCO)c4c(=O)cc(-c5ccc(O)cc5)oc34)Cc3cccc-2c3)C1. The molecule has 0 spiro atoms. The molecule has 0 radical (unpaired) electrons. The molecule has 2 aromatic heterocycles. The Hall–Kier alpha value is -5.37. The number of benzene rings is 3. The van der Waals surface area contributed by atoms with Crippen molar-refractivity contribution in [1.82, 2.24) is 10.3 Å². The molecule has 252 valence electrons. The van der Waals surface area contributed by atoms with E-state index in [1.165, 1.54) is 25.3 Å². The third kappa shape index (κ3) is 6.19. The van der Waals surface area contributed by atoms with E-state index in [2.05, 4.69) is 52.2 Å². The van der Waals surface area contributed by atoms with Gasteiger partial charge in [-0.15, -0.1) is 0 Å². The van der Waals surface area contributed by atoms with Gasteiger partial charge in [0.15, 0.2) is 22.5 Å². The number of aliphatic hydroxyl groups is 1. The minimum atomic E-state index is -0.620. The number of H-pyrrole nitrogens is 1. The maximum Gasteiger partial charge on any atom is 0.204 e. The number of aromatic hydroxyl groups is 2. The first-order valence-corrected chi connectivity index (χ1v) is 16.6. The number of aryl methyl sites for hydroxylation is 1. The van der Waals surface area contributed by atoms with Crippen LogP contribution in [0.5, 0.6) is 23.0 Å². The Morgan fingerprint density at radius 2 is 1.88 bits per heavy atom. The summed E-state index contributed by atoms with van der Waals surface area (Å²) in [5.41, 5.74) is 4.97. The largest absolute Gasteiger partial charge is 0.508 e. The molecule has 4 heterocycles. The Morgan fingerprint density at radius 1 is 1.04 bits per heavy atom. The highest BCUT2D eigenvalue weighted by molar-refractivity contribution is 5.94. The number of phenols is 2. The van der Waals surface area contributed by atoms with Gasteiger partial charge in [0.2, 0.25) is 5.75 Å². The van der Waals surface area contributed by atoms with Crippen LogP contribution in [0.1, 0.15) is 36.1 Å². The van der Waals surface area contributed by atoms with E-state index in [9.17, 15) is 20.1 Å². The van der Waals surface area contributed by atoms with Crippen molar-refractivity contribution < 1.29 is 29.2 Å². The summed E-state index contributed by atoms with van der Waals surface area (Å²) in [6.45, 7) is 4.34. The normalized spacial score (nSPS) is 17.0. The van der Waals surface area contributed by atoms with Crippen molar-refractivity contribution in [1.29, 1.82) is 0 Å². The van der Waals surface area contributed by atoms with Crippen LogP contribution in [0.4, 0.5) is 5.82 Å². The third-order valence-electron chi connectivity index (χ3n) is 9.18. The maximum absolute atomic E-state index is 14.0. The van der Waals surface area contributed by atoms with E-state index in [1.54, 1.807) is 12.1 Å². The summed E-state index contributed by atoms with van der Waals surface area (Å²) in [4.78, 5) is 20.0. The standard InChI is InChI=1S/C39H39N3O7/c1-3-27-20-30-25-7-4-6-23(18-25)19-26(8-11-28-22-42(15-14-40-28)39(30)41-27)33-35(46)38(47-2)37(48-17-5-16-43)34-31(45)21-32(49-36(33)34)24-9-12-29(44)13-10-24/h4,6-7,9-10,12-13,18,20-21,26,28,40-41,43-44,46H,3,5,14-17,19,22H2,1-2H3/t26-,28+/m1/s1. The molecule has 1 fully saturated rings. The van der Waals surface area contributed by atoms with Gasteiger partial charge in [-0.05, 0) is 54.3 Å². The first-order valence-electron chi connectivity index (χ1n) is 16.6. The fraction of sp³-hybridized carbons (Fsp3) is 0.308. The number of aromatic nitrogens is 1. The van der Waals surface area contributed by atoms with Gasteiger partial charge in [-0.1, -0.05) is 43.0 Å². The minimum Gasteiger partial charge on any atom is -0.508 e. The van der Waals surface area contributed by atoms with E-state index in [4.69, 9.17) is 13.9 Å². The quantitative estimate of drug-likeness (QED) is 0.110. The lowest BCUT2D eigenvalue weighted by Gasteiger charge is -2.33. The number of aromatic amines is 1. The topological polar surface area (TPSA) is 140 Å². The van der Waals surface area contributed by atoms with Crippen LogP contribution in [0.25, 0.3) is 33.4 Å². The van der Waals surface area contributed by atoms with Gasteiger partial charge in [0.1, 0.15) is 22.7 Å². The number of nitrogens with one attached hydrogen (secondary N) is 2. The van der Waals surface area contributed by atoms with Gasteiger partial charge in [-0.2, -0.15) is 0 Å². The van der Waals surface area contributed by atoms with Crippen molar-refractivity contribution in [2.75, 3.05) is 44.9 Å². The number of methoxy groups -OCH3 is 1. The zero-order valence-electron chi connectivity index (χ0n) is 27.5. The van der Waals surface area contributed by atoms with Crippen LogP contribution in [0.2, 0.25) is 0 Å². The van der Waals surface area contributed by atoms with Crippen molar-refractivity contribution in [3.8, 4) is 57.3 Å². The number of hydrogen-bond donors (Lipinski definition) is 5. The first-order chi connectivity index (χ1) is 23.9. The fourth-order valence-corrected chi connectivity index (χ4v) is 6.74. The Labute approximate surface area is 283 Å². The van der Waals surface area contributed by atoms with E-state index in [0.717, 1.165) is 47.7 Å². The van der Waals surface area contributed by atoms with E-state index in [1.807, 2.05) is 12.1 Å². The molecular weight excluding hydrogens is 622 g/mol. The van der Waals surface area contributed by atoms with E-state index < -0.39 is 11.3 Å². The molecular formula is C39H39N3O7. The summed E-state index contributed by atoms with van der Waals surface area (Å²) in [6, 6.07) is 18.1. The lowest BCUT2D eigenvalue weighted by molar-refractivity contribution is 0.228. The maximum atomic E-state index is 14.0. The van der Waals surface area contributed by atoms with Crippen LogP contribution >= 0.6 is 0 Å². The van der Waals surface area contributed by atoms with Crippen molar-refractivity contribution in [3.05, 3.63) is 87.7 Å². The fourth-order valence-electron chi connectivity index (χ4n) is 6.74. The Kier molecular flexibility index (Phi) is 8.95. The number of anilines is 1. The Bertz CT molecular complexity index is 2120. The highest BCUT2D eigenvalue weighted by Crippen LogP contribution is 2.49. The molecule has 5 aromatic rings. The van der Waals surface area contributed by atoms with Crippen molar-refractivity contribution >= 4 is 16.8 Å². The van der Waals surface area contributed by atoms with Crippen LogP contribution in [-0.2, 0) is 12.8 Å². The Morgan fingerprint density at radius 3 is 2.65 bits per heavy atom. The Balaban J connectivity index is 1.47. The number of nitrogens with zero attached hydrogens (tertiary/aromatic N) is 1. The molecule has 4 bridgehead atoms. The summed E-state index contributed by atoms with van der Waals surface area (Å²) in [7, 11) is 1.41. The molecule has 0 unspecified atom stereocenters. The number of piperazine rings is 1. The second kappa shape index (κ2) is 13.6. The summed E-state index contributed by atoms with van der Waals surface area (Å²) in [5, 5.41) is 35.0. The lowest BCUT2D eigenvalue weighted by atomic mass is 9.88. The zero-order chi connectivity index (χ0) is 34.1. The molecule has 10 nitrogen and oxygen atoms in total. The first kappa shape index (κ1) is 32.2. The monoisotopic (exact) mass is 661 g/mol. The molecule has 0 aliphatic carbocycles. The van der Waals surface area contributed by atoms with Gasteiger partial charge in [0.25, 0.3) is 0 Å². The average molecular weight is 662 g/mol. The number of phenolic OH excluding ortho intramolecular Hbond substituents is 2. The predicted molar refractivity (Wildman–Crippen MR) is 189 cm³/mol. The molecule has 7 rings (SSSR count). The molecule has 49 heavy (non-hydrogen) atoms. The van der Waals surface area contributed by atoms with Crippen LogP contribution in [-0.4, -0.2) is 66.3 Å². The van der Waals surface area contributed by atoms with Crippen molar-refractivity contribution in [2.45, 2.75) is 38.1 Å². The predicted octanol–water partition coefficient (Wildman–Crippen LogP) is 5.32. The molecule has 5 N–H and O–H groups in total. The molecule has 2 atom stereocenters. The van der Waals surface area contributed by atoms with Crippen molar-refractivity contribution in [2.24, 2.45) is 0 Å². The molecule has 2 aliphatic heterocycles. The summed E-state index contributed by atoms with van der Waals surface area (Å²) in [5.74, 6) is 7.53. The number of aliphatic hydroxyl groups excluding tert-OH is 1. The smallest absolute Gasteiger partial charge is 0.204 e. The van der Waals surface area contributed by atoms with Gasteiger partial charge in [0.05, 0.1) is 31.2 Å². The number of rotatable bonds is 8. The second-order valence-corrected chi connectivity index (χ2v) is 12.4. The van der Waals surface area contributed by atoms with E-state index in [0.29, 0.717) is 30.5 Å². The molecule has 3 aromatic carbocycles. The summed E-state index contributed by atoms with van der Waals surface area (Å²) in [6.07, 6.45) is 1.60. The number of ether oxygens (including phenoxy) is 2. The van der Waals surface area contributed by atoms with E-state index in [-0.39, 0.29) is 59.0 Å². The van der Waals surface area contributed by atoms with Gasteiger partial charge in [-0.3, -0.25) is 4.79 Å². The second-order valence-electron chi connectivity index (χ2n) is 12.4. The third-order valence-corrected chi connectivity index (χ3v) is 9.18. The molecule has 0 amide bonds. The van der Waals surface area contributed by atoms with Crippen LogP contribution in [0, 0.1) is 11.8 Å². The summed E-state index contributed by atoms with van der Waals surface area (Å²) < 4.78 is 18.2. The minimum absolute atomic E-state index is 0.00202. The van der Waals surface area contributed by atoms with E-state index >= 15 is 0 Å². The highest BCUT2D eigenvalue weighted by atomic mass is 16.5. The van der Waals surface area contributed by atoms with Crippen LogP contribution < -0.4 is 25.1 Å². The molecule has 1 saturated heterocycles. The van der Waals surface area contributed by atoms with Gasteiger partial charge in [0, 0.05) is 55.5 Å². The van der Waals surface area contributed by atoms with Gasteiger partial charge in [-0.25, -0.2) is 0 Å². The van der Waals surface area contributed by atoms with Crippen LogP contribution in [0.3, 0.4) is 0 Å². The zero-order valence-corrected chi connectivity index (χ0v) is 27.5.